The van der Waals surface area contributed by atoms with Gasteiger partial charge >= 0.3 is 5.97 Å². The maximum atomic E-state index is 11.7. The largest absolute Gasteiger partial charge is 0.481 e. The van der Waals surface area contributed by atoms with E-state index in [4.69, 9.17) is 10.5 Å². The summed E-state index contributed by atoms with van der Waals surface area (Å²) in [6, 6.07) is 8.54. The van der Waals surface area contributed by atoms with Gasteiger partial charge in [-0.25, -0.2) is 0 Å². The summed E-state index contributed by atoms with van der Waals surface area (Å²) in [5.74, 6) is -1.83. The summed E-state index contributed by atoms with van der Waals surface area (Å²) in [6.45, 7) is 3.04. The number of aliphatic hydroxyl groups is 1. The second kappa shape index (κ2) is 21.8. The van der Waals surface area contributed by atoms with E-state index in [9.17, 15) is 15.0 Å². The van der Waals surface area contributed by atoms with E-state index in [0.717, 1.165) is 18.4 Å². The Kier molecular flexibility index (Phi) is 19.7. The van der Waals surface area contributed by atoms with E-state index >= 15 is 0 Å². The lowest BCUT2D eigenvalue weighted by Gasteiger charge is -2.23. The molecule has 1 aromatic carbocycles. The zero-order valence-corrected chi connectivity index (χ0v) is 22.3. The quantitative estimate of drug-likeness (QED) is 0.131. The Balaban J connectivity index is 1.94. The third-order valence-electron chi connectivity index (χ3n) is 6.91. The lowest BCUT2D eigenvalue weighted by Crippen LogP contribution is -2.33. The van der Waals surface area contributed by atoms with E-state index in [1.807, 2.05) is 30.3 Å². The van der Waals surface area contributed by atoms with Crippen molar-refractivity contribution in [1.82, 2.24) is 0 Å². The van der Waals surface area contributed by atoms with Crippen LogP contribution >= 0.6 is 0 Å². The number of hydrogen-bond donors (Lipinski definition) is 3. The topological polar surface area (TPSA) is 92.8 Å². The smallest absolute Gasteiger partial charge is 0.308 e. The predicted octanol–water partition coefficient (Wildman–Crippen LogP) is 7.42. The highest BCUT2D eigenvalue weighted by atomic mass is 16.5. The van der Waals surface area contributed by atoms with Crippen molar-refractivity contribution in [2.24, 2.45) is 11.7 Å². The fourth-order valence-corrected chi connectivity index (χ4v) is 4.64. The Morgan fingerprint density at radius 3 is 1.71 bits per heavy atom. The van der Waals surface area contributed by atoms with Gasteiger partial charge in [0.05, 0.1) is 18.6 Å². The monoisotopic (exact) mass is 491 g/mol. The van der Waals surface area contributed by atoms with Crippen molar-refractivity contribution in [3.63, 3.8) is 0 Å². The number of rotatable bonds is 24. The fraction of sp³-hybridized carbons (Fsp3) is 0.767. The van der Waals surface area contributed by atoms with E-state index < -0.39 is 24.0 Å². The van der Waals surface area contributed by atoms with Gasteiger partial charge in [-0.3, -0.25) is 4.79 Å². The molecule has 0 aromatic heterocycles. The minimum Gasteiger partial charge on any atom is -0.481 e. The van der Waals surface area contributed by atoms with Gasteiger partial charge in [-0.15, -0.1) is 0 Å². The molecule has 0 aliphatic carbocycles. The van der Waals surface area contributed by atoms with Crippen LogP contribution in [0.1, 0.15) is 128 Å². The molecule has 0 saturated heterocycles. The molecule has 3 unspecified atom stereocenters. The number of aliphatic carboxylic acids is 1. The van der Waals surface area contributed by atoms with Gasteiger partial charge < -0.3 is 20.7 Å². The van der Waals surface area contributed by atoms with Gasteiger partial charge in [0.25, 0.3) is 0 Å². The Hall–Kier alpha value is -1.43. The van der Waals surface area contributed by atoms with Gasteiger partial charge in [0, 0.05) is 12.6 Å². The third kappa shape index (κ3) is 16.8. The molecule has 0 aliphatic heterocycles. The van der Waals surface area contributed by atoms with E-state index in [1.54, 1.807) is 0 Å². The summed E-state index contributed by atoms with van der Waals surface area (Å²) in [6.07, 6.45) is 20.6. The lowest BCUT2D eigenvalue weighted by atomic mass is 9.89. The lowest BCUT2D eigenvalue weighted by molar-refractivity contribution is -0.144. The van der Waals surface area contributed by atoms with Crippen molar-refractivity contribution in [2.45, 2.75) is 128 Å². The average Bonchev–Trinajstić information content (AvgIpc) is 2.86. The van der Waals surface area contributed by atoms with E-state index in [1.165, 1.54) is 89.9 Å². The van der Waals surface area contributed by atoms with Crippen LogP contribution in [-0.2, 0) is 9.53 Å². The molecule has 5 nitrogen and oxygen atoms in total. The molecule has 202 valence electrons. The molecule has 0 saturated carbocycles. The SMILES string of the molecule is CCCCCCCCCCCCCCCCCCOCC(O)CC(C(=O)O)C(N)c1ccccc1. The minimum absolute atomic E-state index is 0.0877. The van der Waals surface area contributed by atoms with Crippen LogP contribution < -0.4 is 5.73 Å². The highest BCUT2D eigenvalue weighted by Crippen LogP contribution is 2.24. The van der Waals surface area contributed by atoms with E-state index in [0.29, 0.717) is 6.61 Å². The van der Waals surface area contributed by atoms with E-state index in [2.05, 4.69) is 6.92 Å². The fourth-order valence-electron chi connectivity index (χ4n) is 4.64. The Morgan fingerprint density at radius 1 is 0.800 bits per heavy atom. The highest BCUT2D eigenvalue weighted by molar-refractivity contribution is 5.71. The number of nitrogens with two attached hydrogens (primary N) is 1. The summed E-state index contributed by atoms with van der Waals surface area (Å²) >= 11 is 0. The Labute approximate surface area is 214 Å². The van der Waals surface area contributed by atoms with Crippen LogP contribution in [0.15, 0.2) is 30.3 Å². The van der Waals surface area contributed by atoms with Gasteiger partial charge in [0.15, 0.2) is 0 Å². The van der Waals surface area contributed by atoms with Crippen LogP contribution in [-0.4, -0.2) is 35.5 Å². The van der Waals surface area contributed by atoms with Crippen LogP contribution in [0.5, 0.6) is 0 Å². The molecule has 3 atom stereocenters. The maximum Gasteiger partial charge on any atom is 0.308 e. The zero-order chi connectivity index (χ0) is 25.6. The first-order valence-corrected chi connectivity index (χ1v) is 14.3. The molecule has 0 fully saturated rings. The van der Waals surface area contributed by atoms with Crippen molar-refractivity contribution >= 4 is 5.97 Å². The maximum absolute atomic E-state index is 11.7. The standard InChI is InChI=1S/C30H53NO4/c1-2-3-4-5-6-7-8-9-10-11-12-13-14-15-16-20-23-35-25-27(32)24-28(30(33)34)29(31)26-21-18-17-19-22-26/h17-19,21-22,27-29,32H,2-16,20,23-25,31H2,1H3,(H,33,34). The Bertz CT molecular complexity index is 610. The van der Waals surface area contributed by atoms with Crippen molar-refractivity contribution in [3.8, 4) is 0 Å². The molecule has 0 radical (unpaired) electrons. The van der Waals surface area contributed by atoms with Crippen LogP contribution in [0.4, 0.5) is 0 Å². The number of carboxylic acid groups (broad SMARTS) is 1. The van der Waals surface area contributed by atoms with Crippen LogP contribution in [0.25, 0.3) is 0 Å². The first-order chi connectivity index (χ1) is 17.1. The van der Waals surface area contributed by atoms with Crippen molar-refractivity contribution in [1.29, 1.82) is 0 Å². The van der Waals surface area contributed by atoms with E-state index in [-0.39, 0.29) is 13.0 Å². The second-order valence-electron chi connectivity index (χ2n) is 10.1. The predicted molar refractivity (Wildman–Crippen MR) is 145 cm³/mol. The number of carbonyl (C=O) groups is 1. The summed E-state index contributed by atoms with van der Waals surface area (Å²) in [4.78, 5) is 11.7. The minimum atomic E-state index is -0.988. The number of aliphatic hydroxyl groups excluding tert-OH is 1. The van der Waals surface area contributed by atoms with Crippen LogP contribution in [0.3, 0.4) is 0 Å². The molecule has 0 spiro atoms. The number of unbranched alkanes of at least 4 members (excludes halogenated alkanes) is 15. The van der Waals surface area contributed by atoms with Crippen molar-refractivity contribution < 1.29 is 19.7 Å². The average molecular weight is 492 g/mol. The van der Waals surface area contributed by atoms with Crippen LogP contribution in [0, 0.1) is 5.92 Å². The third-order valence-corrected chi connectivity index (χ3v) is 6.91. The summed E-state index contributed by atoms with van der Waals surface area (Å²) in [5, 5.41) is 19.8. The number of ether oxygens (including phenoxy) is 1. The normalized spacial score (nSPS) is 14.0. The van der Waals surface area contributed by atoms with Gasteiger partial charge in [0.1, 0.15) is 0 Å². The molecule has 35 heavy (non-hydrogen) atoms. The number of benzene rings is 1. The first-order valence-electron chi connectivity index (χ1n) is 14.3. The second-order valence-corrected chi connectivity index (χ2v) is 10.1. The highest BCUT2D eigenvalue weighted by Gasteiger charge is 2.29. The molecule has 0 bridgehead atoms. The zero-order valence-electron chi connectivity index (χ0n) is 22.3. The summed E-state index contributed by atoms with van der Waals surface area (Å²) in [5.41, 5.74) is 6.92. The number of hydrogen-bond acceptors (Lipinski definition) is 4. The van der Waals surface area contributed by atoms with Gasteiger partial charge in [0.2, 0.25) is 0 Å². The van der Waals surface area contributed by atoms with Crippen molar-refractivity contribution in [2.75, 3.05) is 13.2 Å². The van der Waals surface area contributed by atoms with Gasteiger partial charge in [-0.1, -0.05) is 134 Å². The first kappa shape index (κ1) is 31.6. The molecule has 5 heteroatoms. The van der Waals surface area contributed by atoms with Gasteiger partial charge in [-0.2, -0.15) is 0 Å². The van der Waals surface area contributed by atoms with Gasteiger partial charge in [-0.05, 0) is 18.4 Å². The molecular weight excluding hydrogens is 438 g/mol. The molecule has 0 heterocycles. The molecular formula is C30H53NO4. The molecule has 0 aliphatic rings. The molecule has 4 N–H and O–H groups in total. The number of carboxylic acids is 1. The molecule has 1 rings (SSSR count). The summed E-state index contributed by atoms with van der Waals surface area (Å²) < 4.78 is 5.60. The molecule has 0 amide bonds. The van der Waals surface area contributed by atoms with Crippen molar-refractivity contribution in [3.05, 3.63) is 35.9 Å². The Morgan fingerprint density at radius 2 is 1.26 bits per heavy atom. The molecule has 1 aromatic rings. The summed E-state index contributed by atoms with van der Waals surface area (Å²) in [7, 11) is 0. The van der Waals surface area contributed by atoms with Crippen LogP contribution in [0.2, 0.25) is 0 Å².